The van der Waals surface area contributed by atoms with E-state index in [4.69, 9.17) is 9.47 Å². The molecule has 2 aromatic rings. The van der Waals surface area contributed by atoms with Crippen molar-refractivity contribution in [3.05, 3.63) is 59.9 Å². The van der Waals surface area contributed by atoms with Gasteiger partial charge < -0.3 is 25.4 Å². The lowest BCUT2D eigenvalue weighted by atomic mass is 9.97. The molecule has 0 aliphatic carbocycles. The molecule has 0 saturated carbocycles. The number of benzene rings is 1. The van der Waals surface area contributed by atoms with Crippen molar-refractivity contribution in [2.24, 2.45) is 5.92 Å². The Morgan fingerprint density at radius 2 is 1.54 bits per heavy atom. The first kappa shape index (κ1) is 33.2. The minimum absolute atomic E-state index is 0.0240. The number of carbonyl (C=O) groups excluding carboxylic acids is 4. The topological polar surface area (TPSA) is 136 Å². The fraction of sp³-hybridized carbons (Fsp3) is 0.464. The fourth-order valence-corrected chi connectivity index (χ4v) is 3.53. The second-order valence-electron chi connectivity index (χ2n) is 10.5. The molecule has 3 N–H and O–H groups in total. The number of aromatic nitrogens is 1. The number of halogens is 3. The van der Waals surface area contributed by atoms with E-state index in [0.717, 1.165) is 0 Å². The zero-order valence-electron chi connectivity index (χ0n) is 23.7. The quantitative estimate of drug-likeness (QED) is 0.351. The van der Waals surface area contributed by atoms with Gasteiger partial charge in [-0.2, -0.15) is 13.2 Å². The Morgan fingerprint density at radius 3 is 2.02 bits per heavy atom. The number of amides is 3. The third-order valence-corrected chi connectivity index (χ3v) is 5.73. The van der Waals surface area contributed by atoms with Gasteiger partial charge in [0.25, 0.3) is 11.7 Å². The highest BCUT2D eigenvalue weighted by atomic mass is 19.4. The predicted octanol–water partition coefficient (Wildman–Crippen LogP) is 3.13. The van der Waals surface area contributed by atoms with Crippen LogP contribution < -0.4 is 20.7 Å². The Balaban J connectivity index is 2.41. The smallest absolute Gasteiger partial charge is 0.452 e. The lowest BCUT2D eigenvalue weighted by molar-refractivity contribution is -0.175. The van der Waals surface area contributed by atoms with E-state index >= 15 is 0 Å². The molecule has 0 saturated heterocycles. The summed E-state index contributed by atoms with van der Waals surface area (Å²) >= 11 is 0. The van der Waals surface area contributed by atoms with Crippen molar-refractivity contribution in [3.63, 3.8) is 0 Å². The molecule has 224 valence electrons. The van der Waals surface area contributed by atoms with E-state index in [1.165, 1.54) is 57.5 Å². The molecule has 0 bridgehead atoms. The molecule has 0 spiro atoms. The van der Waals surface area contributed by atoms with Crippen molar-refractivity contribution >= 4 is 23.5 Å². The van der Waals surface area contributed by atoms with Crippen LogP contribution in [0.15, 0.2) is 48.7 Å². The molecule has 3 atom stereocenters. The average molecular weight is 581 g/mol. The van der Waals surface area contributed by atoms with Crippen LogP contribution in [-0.2, 0) is 19.1 Å². The van der Waals surface area contributed by atoms with Crippen LogP contribution in [0.2, 0.25) is 0 Å². The summed E-state index contributed by atoms with van der Waals surface area (Å²) in [5.74, 6) is -5.23. The molecule has 10 nitrogen and oxygen atoms in total. The number of hydrogen-bond donors (Lipinski definition) is 3. The third kappa shape index (κ3) is 10.2. The number of pyridine rings is 1. The maximum Gasteiger partial charge on any atom is 0.452 e. The Morgan fingerprint density at radius 1 is 0.902 bits per heavy atom. The predicted molar refractivity (Wildman–Crippen MR) is 143 cm³/mol. The fourth-order valence-electron chi connectivity index (χ4n) is 3.53. The molecule has 3 amide bonds. The summed E-state index contributed by atoms with van der Waals surface area (Å²) in [6.45, 7) is 7.61. The largest absolute Gasteiger partial charge is 0.497 e. The van der Waals surface area contributed by atoms with Gasteiger partial charge in [0.15, 0.2) is 0 Å². The van der Waals surface area contributed by atoms with E-state index in [1.54, 1.807) is 32.9 Å². The lowest BCUT2D eigenvalue weighted by Gasteiger charge is -2.28. The summed E-state index contributed by atoms with van der Waals surface area (Å²) in [6.07, 6.45) is -3.79. The van der Waals surface area contributed by atoms with Gasteiger partial charge in [-0.3, -0.25) is 24.2 Å². The summed E-state index contributed by atoms with van der Waals surface area (Å²) in [4.78, 5) is 55.6. The normalized spacial score (nSPS) is 14.0. The number of rotatable bonds is 12. The SMILES string of the molecule is COc1ccc(C(NC(=O)C(COC(C)(C)C)NC(=O)c2ccccn2)C(=O)NC(C(=O)C(F)(F)F)C(C)C)cc1. The molecule has 0 fully saturated rings. The van der Waals surface area contributed by atoms with Gasteiger partial charge >= 0.3 is 6.18 Å². The first-order chi connectivity index (χ1) is 19.0. The number of Topliss-reactive ketones (excluding diaryl/α,β-unsaturated/α-hetero) is 1. The standard InChI is InChI=1S/C28H35F3N4O6/c1-16(2)21(23(36)28(29,30)31)34-26(39)22(17-10-12-18(40-6)13-11-17)35-25(38)20(15-41-27(3,4)5)33-24(37)19-9-7-8-14-32-19/h7-14,16,20-22H,15H2,1-6H3,(H,33,37)(H,34,39)(H,35,38). The number of ether oxygens (including phenoxy) is 2. The van der Waals surface area contributed by atoms with Gasteiger partial charge in [-0.15, -0.1) is 0 Å². The first-order valence-electron chi connectivity index (χ1n) is 12.7. The van der Waals surface area contributed by atoms with E-state index in [0.29, 0.717) is 5.75 Å². The lowest BCUT2D eigenvalue weighted by Crippen LogP contribution is -2.55. The van der Waals surface area contributed by atoms with Crippen LogP contribution in [0.25, 0.3) is 0 Å². The minimum atomic E-state index is -5.19. The minimum Gasteiger partial charge on any atom is -0.497 e. The molecule has 1 heterocycles. The number of alkyl halides is 3. The Kier molecular flexibility index (Phi) is 11.4. The zero-order valence-corrected chi connectivity index (χ0v) is 23.7. The van der Waals surface area contributed by atoms with Crippen LogP contribution in [0.3, 0.4) is 0 Å². The molecule has 0 aliphatic rings. The summed E-state index contributed by atoms with van der Waals surface area (Å²) in [7, 11) is 1.42. The van der Waals surface area contributed by atoms with Gasteiger partial charge in [0, 0.05) is 6.20 Å². The summed E-state index contributed by atoms with van der Waals surface area (Å²) < 4.78 is 50.5. The average Bonchev–Trinajstić information content (AvgIpc) is 2.91. The summed E-state index contributed by atoms with van der Waals surface area (Å²) in [6, 6.07) is 5.72. The number of nitrogens with zero attached hydrogens (tertiary/aromatic N) is 1. The van der Waals surface area contributed by atoms with E-state index in [1.807, 2.05) is 0 Å². The molecular weight excluding hydrogens is 545 g/mol. The van der Waals surface area contributed by atoms with E-state index in [2.05, 4.69) is 20.9 Å². The molecule has 1 aromatic carbocycles. The molecule has 0 aliphatic heterocycles. The second kappa shape index (κ2) is 14.1. The van der Waals surface area contributed by atoms with E-state index in [-0.39, 0.29) is 17.9 Å². The van der Waals surface area contributed by atoms with Crippen molar-refractivity contribution < 1.29 is 41.8 Å². The molecule has 0 radical (unpaired) electrons. The highest BCUT2D eigenvalue weighted by molar-refractivity contribution is 5.98. The van der Waals surface area contributed by atoms with Crippen LogP contribution in [-0.4, -0.2) is 66.1 Å². The van der Waals surface area contributed by atoms with Crippen molar-refractivity contribution in [1.29, 1.82) is 0 Å². The van der Waals surface area contributed by atoms with Gasteiger partial charge in [-0.25, -0.2) is 0 Å². The van der Waals surface area contributed by atoms with Crippen LogP contribution in [0.1, 0.15) is 56.7 Å². The van der Waals surface area contributed by atoms with Crippen molar-refractivity contribution in [2.45, 2.75) is 64.5 Å². The summed E-state index contributed by atoms with van der Waals surface area (Å²) in [5, 5.41) is 7.14. The zero-order chi connectivity index (χ0) is 31.0. The third-order valence-electron chi connectivity index (χ3n) is 5.73. The molecular formula is C28H35F3N4O6. The van der Waals surface area contributed by atoms with E-state index in [9.17, 15) is 32.3 Å². The second-order valence-corrected chi connectivity index (χ2v) is 10.5. The van der Waals surface area contributed by atoms with Gasteiger partial charge in [0.2, 0.25) is 11.8 Å². The van der Waals surface area contributed by atoms with Gasteiger partial charge in [0.05, 0.1) is 25.4 Å². The monoisotopic (exact) mass is 580 g/mol. The van der Waals surface area contributed by atoms with Gasteiger partial charge in [-0.05, 0) is 56.5 Å². The highest BCUT2D eigenvalue weighted by Gasteiger charge is 2.45. The molecule has 3 unspecified atom stereocenters. The van der Waals surface area contributed by atoms with Crippen molar-refractivity contribution in [1.82, 2.24) is 20.9 Å². The Hall–Kier alpha value is -4.00. The Bertz CT molecular complexity index is 1200. The molecule has 2 rings (SSSR count). The van der Waals surface area contributed by atoms with Gasteiger partial charge in [0.1, 0.15) is 23.5 Å². The summed E-state index contributed by atoms with van der Waals surface area (Å²) in [5.41, 5.74) is -0.496. The van der Waals surface area contributed by atoms with Crippen LogP contribution in [0.5, 0.6) is 5.75 Å². The maximum absolute atomic E-state index is 13.5. The number of ketones is 1. The number of nitrogens with one attached hydrogen (secondary N) is 3. The molecule has 41 heavy (non-hydrogen) atoms. The number of carbonyl (C=O) groups is 4. The van der Waals surface area contributed by atoms with Crippen molar-refractivity contribution in [3.8, 4) is 5.75 Å². The van der Waals surface area contributed by atoms with Crippen molar-refractivity contribution in [2.75, 3.05) is 13.7 Å². The first-order valence-corrected chi connectivity index (χ1v) is 12.7. The highest BCUT2D eigenvalue weighted by Crippen LogP contribution is 2.23. The van der Waals surface area contributed by atoms with Crippen LogP contribution in [0.4, 0.5) is 13.2 Å². The maximum atomic E-state index is 13.5. The number of hydrogen-bond acceptors (Lipinski definition) is 7. The molecule has 1 aromatic heterocycles. The Labute approximate surface area is 236 Å². The van der Waals surface area contributed by atoms with E-state index < -0.39 is 59.3 Å². The van der Waals surface area contributed by atoms with Crippen LogP contribution in [0, 0.1) is 5.92 Å². The number of methoxy groups -OCH3 is 1. The van der Waals surface area contributed by atoms with Crippen LogP contribution >= 0.6 is 0 Å². The molecule has 13 heteroatoms. The van der Waals surface area contributed by atoms with Gasteiger partial charge in [-0.1, -0.05) is 32.0 Å².